The van der Waals surface area contributed by atoms with Gasteiger partial charge in [0.1, 0.15) is 0 Å². The van der Waals surface area contributed by atoms with E-state index in [1.165, 1.54) is 66.3 Å². The Balaban J connectivity index is 1.16. The van der Waals surface area contributed by atoms with E-state index in [0.29, 0.717) is 0 Å². The summed E-state index contributed by atoms with van der Waals surface area (Å²) in [5.74, 6) is 0. The van der Waals surface area contributed by atoms with Crippen molar-refractivity contribution in [3.63, 3.8) is 0 Å². The van der Waals surface area contributed by atoms with E-state index in [1.54, 1.807) is 11.1 Å². The van der Waals surface area contributed by atoms with Crippen LogP contribution in [0.2, 0.25) is 0 Å². The normalized spacial score (nSPS) is 17.2. The summed E-state index contributed by atoms with van der Waals surface area (Å²) < 4.78 is 0. The number of aromatic nitrogens is 1. The van der Waals surface area contributed by atoms with Gasteiger partial charge in [-0.2, -0.15) is 0 Å². The van der Waals surface area contributed by atoms with Crippen molar-refractivity contribution in [1.82, 2.24) is 4.98 Å². The van der Waals surface area contributed by atoms with Gasteiger partial charge < -0.3 is 0 Å². The van der Waals surface area contributed by atoms with Crippen LogP contribution in [0.25, 0.3) is 72.8 Å². The maximum absolute atomic E-state index is 5.62. The highest BCUT2D eigenvalue weighted by molar-refractivity contribution is 6.15. The lowest BCUT2D eigenvalue weighted by atomic mass is 9.52. The van der Waals surface area contributed by atoms with E-state index >= 15 is 0 Å². The number of hydrogen-bond acceptors (Lipinski definition) is 1. The summed E-state index contributed by atoms with van der Waals surface area (Å²) in [6, 6.07) is 49.3. The van der Waals surface area contributed by atoms with Gasteiger partial charge in [-0.15, -0.1) is 0 Å². The van der Waals surface area contributed by atoms with E-state index < -0.39 is 0 Å². The Bertz CT molecular complexity index is 3000. The molecule has 4 aliphatic carbocycles. The second-order valence-corrected chi connectivity index (χ2v) is 16.9. The van der Waals surface area contributed by atoms with Crippen LogP contribution in [0.3, 0.4) is 0 Å². The summed E-state index contributed by atoms with van der Waals surface area (Å²) >= 11 is 0. The maximum atomic E-state index is 5.62. The van der Waals surface area contributed by atoms with Gasteiger partial charge in [-0.05, 0) is 132 Å². The van der Waals surface area contributed by atoms with E-state index in [1.807, 2.05) is 12.2 Å². The smallest absolute Gasteiger partial charge is 0.0715 e. The second-order valence-electron chi connectivity index (χ2n) is 16.9. The number of hydrogen-bond donors (Lipinski definition) is 0. The van der Waals surface area contributed by atoms with Gasteiger partial charge in [-0.1, -0.05) is 178 Å². The predicted molar refractivity (Wildman–Crippen MR) is 246 cm³/mol. The summed E-state index contributed by atoms with van der Waals surface area (Å²) in [7, 11) is 0. The molecule has 1 heterocycles. The van der Waals surface area contributed by atoms with Gasteiger partial charge in [0.2, 0.25) is 0 Å². The Morgan fingerprint density at radius 2 is 1.17 bits per heavy atom. The Hall–Kier alpha value is -6.57. The molecule has 7 aromatic rings. The molecular formula is C57H45N. The van der Waals surface area contributed by atoms with Crippen molar-refractivity contribution in [3.05, 3.63) is 215 Å². The lowest BCUT2D eigenvalue weighted by molar-refractivity contribution is 0.461. The summed E-state index contributed by atoms with van der Waals surface area (Å²) in [5, 5.41) is 4.79. The molecule has 0 fully saturated rings. The quantitative estimate of drug-likeness (QED) is 0.160. The summed E-state index contributed by atoms with van der Waals surface area (Å²) in [6.45, 7) is 13.4. The monoisotopic (exact) mass is 743 g/mol. The first-order valence-electron chi connectivity index (χ1n) is 20.8. The highest BCUT2D eigenvalue weighted by Gasteiger charge is 2.55. The van der Waals surface area contributed by atoms with Gasteiger partial charge in [0, 0.05) is 11.0 Å². The Kier molecular flexibility index (Phi) is 7.76. The molecule has 0 N–H and O–H groups in total. The number of fused-ring (bicyclic) bond motifs is 10. The molecule has 1 nitrogen and oxygen atoms in total. The SMILES string of the molecule is C=Cc1c(C=C)c2cc(-c3cc(-c4ccccc4)cc(C4=CC5=C(CC4)C(C)(C)C4=C(CCC=C4)C54c5ccccc5-c5ccccc54)n3)ccc2c2ccccc12. The zero-order valence-corrected chi connectivity index (χ0v) is 33.3. The van der Waals surface area contributed by atoms with Gasteiger partial charge in [-0.25, -0.2) is 4.98 Å². The van der Waals surface area contributed by atoms with E-state index in [2.05, 4.69) is 179 Å². The van der Waals surface area contributed by atoms with E-state index in [-0.39, 0.29) is 10.8 Å². The molecule has 1 spiro atoms. The van der Waals surface area contributed by atoms with E-state index in [9.17, 15) is 0 Å². The Labute approximate surface area is 341 Å². The molecule has 1 aromatic heterocycles. The molecule has 0 radical (unpaired) electrons. The highest BCUT2D eigenvalue weighted by Crippen LogP contribution is 2.66. The van der Waals surface area contributed by atoms with Gasteiger partial charge in [-0.3, -0.25) is 0 Å². The van der Waals surface area contributed by atoms with Crippen molar-refractivity contribution in [3.8, 4) is 33.5 Å². The van der Waals surface area contributed by atoms with Crippen LogP contribution in [0.4, 0.5) is 0 Å². The summed E-state index contributed by atoms with van der Waals surface area (Å²) in [4.78, 5) is 5.62. The first kappa shape index (κ1) is 34.7. The molecule has 0 saturated carbocycles. The van der Waals surface area contributed by atoms with Crippen molar-refractivity contribution >= 4 is 39.3 Å². The highest BCUT2D eigenvalue weighted by atomic mass is 14.7. The molecule has 0 unspecified atom stereocenters. The van der Waals surface area contributed by atoms with Crippen molar-refractivity contribution in [2.24, 2.45) is 5.41 Å². The topological polar surface area (TPSA) is 12.9 Å². The van der Waals surface area contributed by atoms with E-state index in [0.717, 1.165) is 59.1 Å². The third-order valence-electron chi connectivity index (χ3n) is 13.8. The van der Waals surface area contributed by atoms with Crippen molar-refractivity contribution in [2.45, 2.75) is 44.9 Å². The first-order chi connectivity index (χ1) is 28.4. The van der Waals surface area contributed by atoms with Crippen LogP contribution in [-0.4, -0.2) is 4.98 Å². The Morgan fingerprint density at radius 1 is 0.534 bits per heavy atom. The summed E-state index contributed by atoms with van der Waals surface area (Å²) in [5.41, 5.74) is 20.3. The maximum Gasteiger partial charge on any atom is 0.0715 e. The van der Waals surface area contributed by atoms with Crippen molar-refractivity contribution in [2.75, 3.05) is 0 Å². The van der Waals surface area contributed by atoms with Crippen LogP contribution >= 0.6 is 0 Å². The third kappa shape index (κ3) is 4.80. The lowest BCUT2D eigenvalue weighted by Crippen LogP contribution is -2.41. The standard InChI is InChI=1S/C57H45N/c1-5-40-41(6-2)47-32-37(28-30-44(47)43-21-11-10-20-42(40)43)54-34-39(36-18-8-7-9-19-36)35-55(58-54)38-29-31-51-53(33-38)57(52-27-17-16-26-50(52)56(51,3)4)48-24-14-12-22-45(48)46-23-13-15-25-49(46)57/h5-16,18-26,28,30,32-35H,1-2,17,27,29,31H2,3-4H3. The fourth-order valence-electron chi connectivity index (χ4n) is 11.2. The molecule has 0 saturated heterocycles. The molecule has 0 bridgehead atoms. The van der Waals surface area contributed by atoms with Crippen LogP contribution in [0.15, 0.2) is 187 Å². The van der Waals surface area contributed by atoms with E-state index in [4.69, 9.17) is 4.98 Å². The van der Waals surface area contributed by atoms with Crippen LogP contribution in [0.1, 0.15) is 67.5 Å². The number of nitrogens with zero attached hydrogens (tertiary/aromatic N) is 1. The first-order valence-corrected chi connectivity index (χ1v) is 20.8. The average molecular weight is 744 g/mol. The predicted octanol–water partition coefficient (Wildman–Crippen LogP) is 15.1. The van der Waals surface area contributed by atoms with Gasteiger partial charge in [0.15, 0.2) is 0 Å². The molecule has 58 heavy (non-hydrogen) atoms. The minimum atomic E-state index is -0.339. The summed E-state index contributed by atoms with van der Waals surface area (Å²) in [6.07, 6.45) is 15.5. The second kappa shape index (κ2) is 13.0. The molecule has 0 aliphatic heterocycles. The number of rotatable bonds is 5. The van der Waals surface area contributed by atoms with Crippen molar-refractivity contribution in [1.29, 1.82) is 0 Å². The molecule has 0 atom stereocenters. The molecule has 11 rings (SSSR count). The molecular weight excluding hydrogens is 699 g/mol. The zero-order valence-electron chi connectivity index (χ0n) is 33.3. The van der Waals surface area contributed by atoms with Gasteiger partial charge >= 0.3 is 0 Å². The minimum absolute atomic E-state index is 0.0752. The molecule has 1 heteroatoms. The van der Waals surface area contributed by atoms with Crippen LogP contribution in [0.5, 0.6) is 0 Å². The molecule has 6 aromatic carbocycles. The van der Waals surface area contributed by atoms with Crippen LogP contribution in [0, 0.1) is 5.41 Å². The number of pyridine rings is 1. The third-order valence-corrected chi connectivity index (χ3v) is 13.8. The average Bonchev–Trinajstić information content (AvgIpc) is 3.58. The fraction of sp³-hybridized carbons (Fsp3) is 0.140. The van der Waals surface area contributed by atoms with Crippen LogP contribution in [-0.2, 0) is 5.41 Å². The lowest BCUT2D eigenvalue weighted by Gasteiger charge is -2.51. The number of allylic oxidation sites excluding steroid dienone is 8. The molecule has 4 aliphatic rings. The zero-order chi connectivity index (χ0) is 39.2. The molecule has 0 amide bonds. The molecule has 278 valence electrons. The minimum Gasteiger partial charge on any atom is -0.248 e. The van der Waals surface area contributed by atoms with Gasteiger partial charge in [0.25, 0.3) is 0 Å². The van der Waals surface area contributed by atoms with Crippen molar-refractivity contribution < 1.29 is 0 Å². The van der Waals surface area contributed by atoms with Gasteiger partial charge in [0.05, 0.1) is 16.8 Å². The fourth-order valence-corrected chi connectivity index (χ4v) is 11.2. The Morgan fingerprint density at radius 3 is 1.91 bits per heavy atom. The van der Waals surface area contributed by atoms with Crippen LogP contribution < -0.4 is 0 Å². The largest absolute Gasteiger partial charge is 0.248 e. The number of benzene rings is 6.